The Bertz CT molecular complexity index is 1470. The summed E-state index contributed by atoms with van der Waals surface area (Å²) in [6, 6.07) is 19.4. The Morgan fingerprint density at radius 1 is 0.973 bits per heavy atom. The second kappa shape index (κ2) is 12.0. The zero-order chi connectivity index (χ0) is 25.7. The van der Waals surface area contributed by atoms with Gasteiger partial charge >= 0.3 is 0 Å². The van der Waals surface area contributed by atoms with Gasteiger partial charge in [-0.3, -0.25) is 9.59 Å². The van der Waals surface area contributed by atoms with Crippen molar-refractivity contribution in [2.24, 2.45) is 5.92 Å². The van der Waals surface area contributed by atoms with Gasteiger partial charge in [0, 0.05) is 31.2 Å². The lowest BCUT2D eigenvalue weighted by Gasteiger charge is -2.24. The third-order valence-electron chi connectivity index (χ3n) is 6.13. The van der Waals surface area contributed by atoms with Crippen molar-refractivity contribution in [3.8, 4) is 5.69 Å². The molecular formula is C27H29ClN4O4S. The molecule has 37 heavy (non-hydrogen) atoms. The van der Waals surface area contributed by atoms with Gasteiger partial charge in [0.15, 0.2) is 0 Å². The number of rotatable bonds is 9. The van der Waals surface area contributed by atoms with Crippen LogP contribution in [0.25, 0.3) is 16.5 Å². The molecular weight excluding hydrogens is 512 g/mol. The molecule has 10 heteroatoms. The number of halogens is 1. The summed E-state index contributed by atoms with van der Waals surface area (Å²) in [4.78, 5) is 32.1. The molecule has 3 aromatic carbocycles. The first-order valence-electron chi connectivity index (χ1n) is 11.7. The van der Waals surface area contributed by atoms with E-state index in [1.54, 1.807) is 24.7 Å². The third kappa shape index (κ3) is 6.36. The molecule has 8 nitrogen and oxygen atoms in total. The lowest BCUT2D eigenvalue weighted by Crippen LogP contribution is -2.46. The van der Waals surface area contributed by atoms with E-state index in [0.29, 0.717) is 13.1 Å². The van der Waals surface area contributed by atoms with Crippen molar-refractivity contribution in [2.75, 3.05) is 13.1 Å². The molecule has 0 fully saturated rings. The van der Waals surface area contributed by atoms with Gasteiger partial charge < -0.3 is 9.47 Å². The van der Waals surface area contributed by atoms with Gasteiger partial charge in [-0.2, -0.15) is 0 Å². The second-order valence-electron chi connectivity index (χ2n) is 8.38. The highest BCUT2D eigenvalue weighted by atomic mass is 35.5. The first kappa shape index (κ1) is 27.9. The van der Waals surface area contributed by atoms with Crippen LogP contribution in [0.4, 0.5) is 0 Å². The third-order valence-corrected chi connectivity index (χ3v) is 7.48. The molecule has 0 saturated heterocycles. The van der Waals surface area contributed by atoms with Crippen molar-refractivity contribution >= 4 is 45.0 Å². The van der Waals surface area contributed by atoms with Crippen LogP contribution in [0.5, 0.6) is 0 Å². The summed E-state index contributed by atoms with van der Waals surface area (Å²) in [5, 5.41) is 1.62. The molecule has 0 saturated carbocycles. The fourth-order valence-corrected chi connectivity index (χ4v) is 5.15. The first-order valence-corrected chi connectivity index (χ1v) is 13.2. The smallest absolute Gasteiger partial charge is 0.264 e. The fourth-order valence-electron chi connectivity index (χ4n) is 4.10. The maximum Gasteiger partial charge on any atom is 0.264 e. The number of hydrogen-bond acceptors (Lipinski definition) is 5. The van der Waals surface area contributed by atoms with E-state index in [0.717, 1.165) is 22.0 Å². The lowest BCUT2D eigenvalue weighted by atomic mass is 9.97. The second-order valence-corrected chi connectivity index (χ2v) is 10.1. The van der Waals surface area contributed by atoms with E-state index in [-0.39, 0.29) is 23.7 Å². The molecule has 0 aliphatic heterocycles. The Morgan fingerprint density at radius 3 is 2.27 bits per heavy atom. The molecule has 4 aromatic rings. The largest absolute Gasteiger partial charge is 0.343 e. The van der Waals surface area contributed by atoms with Crippen molar-refractivity contribution in [2.45, 2.75) is 25.2 Å². The normalized spacial score (nSPS) is 11.9. The number of hydrogen-bond donors (Lipinski definition) is 1. The number of carbonyl (C=O) groups excluding carboxylic acids is 2. The molecule has 0 aliphatic carbocycles. The summed E-state index contributed by atoms with van der Waals surface area (Å²) in [5.41, 5.74) is 1.62. The Hall–Kier alpha value is -3.69. The van der Waals surface area contributed by atoms with E-state index < -0.39 is 27.8 Å². The highest BCUT2D eigenvalue weighted by molar-refractivity contribution is 7.90. The number of sulfonamides is 1. The Labute approximate surface area is 222 Å². The minimum atomic E-state index is -4.18. The van der Waals surface area contributed by atoms with Crippen molar-refractivity contribution in [3.05, 3.63) is 91.0 Å². The molecule has 1 N–H and O–H groups in total. The Morgan fingerprint density at radius 2 is 1.65 bits per heavy atom. The highest BCUT2D eigenvalue weighted by Gasteiger charge is 2.33. The van der Waals surface area contributed by atoms with Crippen molar-refractivity contribution < 1.29 is 18.0 Å². The van der Waals surface area contributed by atoms with Gasteiger partial charge in [-0.05, 0) is 60.9 Å². The van der Waals surface area contributed by atoms with E-state index in [9.17, 15) is 18.0 Å². The summed E-state index contributed by atoms with van der Waals surface area (Å²) < 4.78 is 30.2. The minimum absolute atomic E-state index is 0. The molecule has 1 aromatic heterocycles. The van der Waals surface area contributed by atoms with Gasteiger partial charge in [-0.15, -0.1) is 12.4 Å². The van der Waals surface area contributed by atoms with Gasteiger partial charge in [0.05, 0.1) is 11.2 Å². The predicted octanol–water partition coefficient (Wildman–Crippen LogP) is 3.98. The number of nitrogens with one attached hydrogen (secondary N) is 1. The fraction of sp³-hybridized carbons (Fsp3) is 0.222. The SMILES string of the molecule is CCN(CC)C(=O)C(Cc1ccc(-n2ccnc2)cc1)C(=O)NS(=O)(=O)c1ccc2ccccc2c1.Cl. The van der Waals surface area contributed by atoms with E-state index in [1.807, 2.05) is 67.1 Å². The number of fused-ring (bicyclic) bond motifs is 1. The maximum absolute atomic E-state index is 13.3. The van der Waals surface area contributed by atoms with E-state index in [4.69, 9.17) is 0 Å². The van der Waals surface area contributed by atoms with Gasteiger partial charge in [-0.1, -0.05) is 42.5 Å². The molecule has 1 heterocycles. The summed E-state index contributed by atoms with van der Waals surface area (Å²) in [6.45, 7) is 4.47. The standard InChI is InChI=1S/C27H28N4O4S.ClH/c1-3-30(4-2)27(33)25(17-20-9-12-23(13-10-20)31-16-15-28-19-31)26(32)29-36(34,35)24-14-11-21-7-5-6-8-22(21)18-24;/h5-16,18-19,25H,3-4,17H2,1-2H3,(H,29,32);1H. The minimum Gasteiger partial charge on any atom is -0.343 e. The molecule has 0 spiro atoms. The zero-order valence-electron chi connectivity index (χ0n) is 20.6. The van der Waals surface area contributed by atoms with E-state index in [2.05, 4.69) is 9.71 Å². The van der Waals surface area contributed by atoms with Crippen LogP contribution in [0, 0.1) is 5.92 Å². The quantitative estimate of drug-likeness (QED) is 0.324. The number of benzene rings is 3. The average Bonchev–Trinajstić information content (AvgIpc) is 3.43. The number of amides is 2. The van der Waals surface area contributed by atoms with Crippen LogP contribution in [0.1, 0.15) is 19.4 Å². The molecule has 4 rings (SSSR count). The molecule has 1 unspecified atom stereocenters. The summed E-state index contributed by atoms with van der Waals surface area (Å²) in [7, 11) is -4.18. The monoisotopic (exact) mass is 540 g/mol. The zero-order valence-corrected chi connectivity index (χ0v) is 22.2. The van der Waals surface area contributed by atoms with Crippen LogP contribution in [-0.4, -0.2) is 47.8 Å². The topological polar surface area (TPSA) is 101 Å². The highest BCUT2D eigenvalue weighted by Crippen LogP contribution is 2.20. The molecule has 1 atom stereocenters. The number of nitrogens with zero attached hydrogens (tertiary/aromatic N) is 3. The van der Waals surface area contributed by atoms with Gasteiger partial charge in [-0.25, -0.2) is 18.1 Å². The van der Waals surface area contributed by atoms with Crippen LogP contribution in [0.2, 0.25) is 0 Å². The van der Waals surface area contributed by atoms with Crippen LogP contribution < -0.4 is 4.72 Å². The van der Waals surface area contributed by atoms with Crippen LogP contribution in [-0.2, 0) is 26.0 Å². The predicted molar refractivity (Wildman–Crippen MR) is 145 cm³/mol. The van der Waals surface area contributed by atoms with Crippen molar-refractivity contribution in [1.82, 2.24) is 19.2 Å². The summed E-state index contributed by atoms with van der Waals surface area (Å²) in [6.07, 6.45) is 5.23. The van der Waals surface area contributed by atoms with Gasteiger partial charge in [0.1, 0.15) is 5.92 Å². The van der Waals surface area contributed by atoms with Crippen LogP contribution in [0.15, 0.2) is 90.3 Å². The maximum atomic E-state index is 13.3. The molecule has 194 valence electrons. The first-order chi connectivity index (χ1) is 17.3. The molecule has 0 aliphatic rings. The molecule has 0 radical (unpaired) electrons. The number of carbonyl (C=O) groups is 2. The number of imidazole rings is 1. The van der Waals surface area contributed by atoms with Crippen molar-refractivity contribution in [1.29, 1.82) is 0 Å². The molecule has 2 amide bonds. The van der Waals surface area contributed by atoms with E-state index in [1.165, 1.54) is 17.0 Å². The summed E-state index contributed by atoms with van der Waals surface area (Å²) >= 11 is 0. The van der Waals surface area contributed by atoms with Gasteiger partial charge in [0.25, 0.3) is 10.0 Å². The van der Waals surface area contributed by atoms with Crippen LogP contribution in [0.3, 0.4) is 0 Å². The van der Waals surface area contributed by atoms with Crippen molar-refractivity contribution in [3.63, 3.8) is 0 Å². The summed E-state index contributed by atoms with van der Waals surface area (Å²) in [5.74, 6) is -2.46. The Kier molecular flexibility index (Phi) is 9.07. The lowest BCUT2D eigenvalue weighted by molar-refractivity contribution is -0.141. The number of aromatic nitrogens is 2. The average molecular weight is 541 g/mol. The molecule has 0 bridgehead atoms. The van der Waals surface area contributed by atoms with Crippen LogP contribution >= 0.6 is 12.4 Å². The van der Waals surface area contributed by atoms with Gasteiger partial charge in [0.2, 0.25) is 11.8 Å². The Balaban J connectivity index is 0.00000380. The van der Waals surface area contributed by atoms with E-state index >= 15 is 0 Å².